The Hall–Kier alpha value is -2.07. The third-order valence-corrected chi connectivity index (χ3v) is 3.05. The maximum atomic E-state index is 9.46. The standard InChI is InChI=1S/C15H19N3O/c1-11-7-15(17-9-14(11)16)18-13(10-19)8-12-5-3-2-4-6-12/h2-7,9,13,19H,8,10,16H2,1H3,(H,17,18). The van der Waals surface area contributed by atoms with Gasteiger partial charge in [-0.2, -0.15) is 0 Å². The quantitative estimate of drug-likeness (QED) is 0.766. The lowest BCUT2D eigenvalue weighted by Crippen LogP contribution is -2.26. The first-order valence-electron chi connectivity index (χ1n) is 6.32. The Morgan fingerprint density at radius 3 is 2.68 bits per heavy atom. The molecular weight excluding hydrogens is 238 g/mol. The number of aryl methyl sites for hydroxylation is 1. The van der Waals surface area contributed by atoms with Gasteiger partial charge in [-0.15, -0.1) is 0 Å². The maximum absolute atomic E-state index is 9.46. The van der Waals surface area contributed by atoms with Gasteiger partial charge < -0.3 is 16.2 Å². The summed E-state index contributed by atoms with van der Waals surface area (Å²) in [6.07, 6.45) is 2.39. The summed E-state index contributed by atoms with van der Waals surface area (Å²) in [6.45, 7) is 1.99. The first-order valence-corrected chi connectivity index (χ1v) is 6.32. The number of aromatic nitrogens is 1. The van der Waals surface area contributed by atoms with Crippen molar-refractivity contribution < 1.29 is 5.11 Å². The van der Waals surface area contributed by atoms with Crippen molar-refractivity contribution in [3.63, 3.8) is 0 Å². The summed E-state index contributed by atoms with van der Waals surface area (Å²) in [4.78, 5) is 4.22. The highest BCUT2D eigenvalue weighted by molar-refractivity contribution is 5.51. The van der Waals surface area contributed by atoms with Crippen molar-refractivity contribution in [2.24, 2.45) is 0 Å². The van der Waals surface area contributed by atoms with E-state index in [2.05, 4.69) is 10.3 Å². The molecular formula is C15H19N3O. The molecule has 0 fully saturated rings. The monoisotopic (exact) mass is 257 g/mol. The fraction of sp³-hybridized carbons (Fsp3) is 0.267. The molecule has 4 heteroatoms. The molecule has 1 atom stereocenters. The fourth-order valence-corrected chi connectivity index (χ4v) is 1.91. The van der Waals surface area contributed by atoms with Crippen LogP contribution >= 0.6 is 0 Å². The number of hydrogen-bond acceptors (Lipinski definition) is 4. The molecule has 0 aliphatic carbocycles. The molecule has 19 heavy (non-hydrogen) atoms. The van der Waals surface area contributed by atoms with Gasteiger partial charge in [0.05, 0.1) is 24.5 Å². The second kappa shape index (κ2) is 6.20. The zero-order chi connectivity index (χ0) is 13.7. The van der Waals surface area contributed by atoms with Crippen LogP contribution in [0, 0.1) is 6.92 Å². The summed E-state index contributed by atoms with van der Waals surface area (Å²) in [5.74, 6) is 0.738. The summed E-state index contributed by atoms with van der Waals surface area (Å²) in [7, 11) is 0. The van der Waals surface area contributed by atoms with E-state index >= 15 is 0 Å². The number of pyridine rings is 1. The van der Waals surface area contributed by atoms with Gasteiger partial charge in [-0.3, -0.25) is 0 Å². The number of rotatable bonds is 5. The van der Waals surface area contributed by atoms with E-state index in [9.17, 15) is 5.11 Å². The van der Waals surface area contributed by atoms with Crippen molar-refractivity contribution in [1.29, 1.82) is 0 Å². The van der Waals surface area contributed by atoms with Gasteiger partial charge in [0.25, 0.3) is 0 Å². The summed E-state index contributed by atoms with van der Waals surface area (Å²) in [6, 6.07) is 11.9. The van der Waals surface area contributed by atoms with E-state index < -0.39 is 0 Å². The zero-order valence-electron chi connectivity index (χ0n) is 11.0. The van der Waals surface area contributed by atoms with E-state index in [-0.39, 0.29) is 12.6 Å². The van der Waals surface area contributed by atoms with Crippen molar-refractivity contribution in [3.8, 4) is 0 Å². The summed E-state index contributed by atoms with van der Waals surface area (Å²) in [5.41, 5.74) is 8.57. The number of nitrogens with zero attached hydrogens (tertiary/aromatic N) is 1. The van der Waals surface area contributed by atoms with Crippen LogP contribution in [0.4, 0.5) is 11.5 Å². The van der Waals surface area contributed by atoms with Crippen LogP contribution < -0.4 is 11.1 Å². The lowest BCUT2D eigenvalue weighted by atomic mass is 10.1. The Kier molecular flexibility index (Phi) is 4.36. The zero-order valence-corrected chi connectivity index (χ0v) is 11.0. The fourth-order valence-electron chi connectivity index (χ4n) is 1.91. The van der Waals surface area contributed by atoms with E-state index in [1.807, 2.05) is 43.3 Å². The third kappa shape index (κ3) is 3.69. The lowest BCUT2D eigenvalue weighted by molar-refractivity contribution is 0.273. The number of nitrogens with one attached hydrogen (secondary N) is 1. The van der Waals surface area contributed by atoms with Crippen LogP contribution in [-0.4, -0.2) is 22.7 Å². The van der Waals surface area contributed by atoms with Crippen LogP contribution in [0.1, 0.15) is 11.1 Å². The molecule has 2 aromatic rings. The molecule has 0 radical (unpaired) electrons. The number of benzene rings is 1. The van der Waals surface area contributed by atoms with Crippen LogP contribution in [0.5, 0.6) is 0 Å². The number of hydrogen-bond donors (Lipinski definition) is 3. The van der Waals surface area contributed by atoms with E-state index in [1.54, 1.807) is 6.20 Å². The molecule has 100 valence electrons. The molecule has 0 aliphatic heterocycles. The Morgan fingerprint density at radius 1 is 1.32 bits per heavy atom. The van der Waals surface area contributed by atoms with E-state index in [4.69, 9.17) is 5.73 Å². The van der Waals surface area contributed by atoms with E-state index in [0.29, 0.717) is 5.69 Å². The lowest BCUT2D eigenvalue weighted by Gasteiger charge is -2.17. The molecule has 0 saturated carbocycles. The number of anilines is 2. The highest BCUT2D eigenvalue weighted by Crippen LogP contribution is 2.15. The van der Waals surface area contributed by atoms with Crippen LogP contribution in [0.2, 0.25) is 0 Å². The Labute approximate surface area is 113 Å². The van der Waals surface area contributed by atoms with Gasteiger partial charge in [0, 0.05) is 0 Å². The number of nitrogen functional groups attached to an aromatic ring is 1. The van der Waals surface area contributed by atoms with Crippen molar-refractivity contribution in [3.05, 3.63) is 53.7 Å². The van der Waals surface area contributed by atoms with Gasteiger partial charge in [-0.05, 0) is 30.5 Å². The van der Waals surface area contributed by atoms with Gasteiger partial charge in [0.1, 0.15) is 5.82 Å². The molecule has 1 heterocycles. The predicted octanol–water partition coefficient (Wildman–Crippen LogP) is 1.99. The normalized spacial score (nSPS) is 12.1. The average molecular weight is 257 g/mol. The van der Waals surface area contributed by atoms with Crippen LogP contribution in [-0.2, 0) is 6.42 Å². The molecule has 4 nitrogen and oxygen atoms in total. The molecule has 0 bridgehead atoms. The maximum Gasteiger partial charge on any atom is 0.126 e. The van der Waals surface area contributed by atoms with E-state index in [0.717, 1.165) is 17.8 Å². The topological polar surface area (TPSA) is 71.2 Å². The molecule has 0 aliphatic rings. The second-order valence-corrected chi connectivity index (χ2v) is 4.64. The molecule has 2 rings (SSSR count). The van der Waals surface area contributed by atoms with Crippen molar-refractivity contribution in [2.75, 3.05) is 17.7 Å². The Bertz CT molecular complexity index is 528. The molecule has 1 aromatic carbocycles. The van der Waals surface area contributed by atoms with Crippen LogP contribution in [0.25, 0.3) is 0 Å². The highest BCUT2D eigenvalue weighted by atomic mass is 16.3. The minimum absolute atomic E-state index is 0.0556. The number of nitrogens with two attached hydrogens (primary N) is 1. The second-order valence-electron chi connectivity index (χ2n) is 4.64. The van der Waals surface area contributed by atoms with Gasteiger partial charge in [0.15, 0.2) is 0 Å². The van der Waals surface area contributed by atoms with Gasteiger partial charge in [-0.25, -0.2) is 4.98 Å². The molecule has 1 aromatic heterocycles. The van der Waals surface area contributed by atoms with Gasteiger partial charge in [0.2, 0.25) is 0 Å². The first-order chi connectivity index (χ1) is 9.19. The first kappa shape index (κ1) is 13.4. The molecule has 4 N–H and O–H groups in total. The van der Waals surface area contributed by atoms with Gasteiger partial charge >= 0.3 is 0 Å². The smallest absolute Gasteiger partial charge is 0.126 e. The molecule has 0 amide bonds. The minimum Gasteiger partial charge on any atom is -0.397 e. The Morgan fingerprint density at radius 2 is 2.05 bits per heavy atom. The summed E-state index contributed by atoms with van der Waals surface area (Å²) in [5, 5.41) is 12.7. The SMILES string of the molecule is Cc1cc(NC(CO)Cc2ccccc2)ncc1N. The molecule has 0 saturated heterocycles. The number of aliphatic hydroxyl groups excluding tert-OH is 1. The van der Waals surface area contributed by atoms with E-state index in [1.165, 1.54) is 5.56 Å². The minimum atomic E-state index is -0.0575. The summed E-state index contributed by atoms with van der Waals surface area (Å²) >= 11 is 0. The molecule has 0 spiro atoms. The van der Waals surface area contributed by atoms with Crippen molar-refractivity contribution in [1.82, 2.24) is 4.98 Å². The predicted molar refractivity (Wildman–Crippen MR) is 78.0 cm³/mol. The van der Waals surface area contributed by atoms with Crippen molar-refractivity contribution in [2.45, 2.75) is 19.4 Å². The largest absolute Gasteiger partial charge is 0.397 e. The highest BCUT2D eigenvalue weighted by Gasteiger charge is 2.09. The van der Waals surface area contributed by atoms with Gasteiger partial charge in [-0.1, -0.05) is 30.3 Å². The third-order valence-electron chi connectivity index (χ3n) is 3.05. The average Bonchev–Trinajstić information content (AvgIpc) is 2.43. The number of aliphatic hydroxyl groups is 1. The van der Waals surface area contributed by atoms with Crippen LogP contribution in [0.3, 0.4) is 0 Å². The molecule has 1 unspecified atom stereocenters. The Balaban J connectivity index is 2.04. The van der Waals surface area contributed by atoms with Crippen molar-refractivity contribution >= 4 is 11.5 Å². The van der Waals surface area contributed by atoms with Crippen LogP contribution in [0.15, 0.2) is 42.6 Å². The summed E-state index contributed by atoms with van der Waals surface area (Å²) < 4.78 is 0.